The zero-order valence-electron chi connectivity index (χ0n) is 8.26. The van der Waals surface area contributed by atoms with Crippen molar-refractivity contribution in [3.8, 4) is 0 Å². The molecule has 0 bridgehead atoms. The predicted molar refractivity (Wildman–Crippen MR) is 55.1 cm³/mol. The minimum Gasteiger partial charge on any atom is -0.367 e. The standard InChI is InChI=1S/C11H13NO3/c12-11(14)10(15-7-6-13)8-9-4-2-1-3-5-9/h1-6,10H,7-8H2,(H2,12,14). The van der Waals surface area contributed by atoms with Gasteiger partial charge in [-0.2, -0.15) is 0 Å². The number of carbonyl (C=O) groups excluding carboxylic acids is 2. The van der Waals surface area contributed by atoms with E-state index in [-0.39, 0.29) is 6.61 Å². The molecule has 1 rings (SSSR count). The largest absolute Gasteiger partial charge is 0.367 e. The third-order valence-corrected chi connectivity index (χ3v) is 1.95. The van der Waals surface area contributed by atoms with Gasteiger partial charge >= 0.3 is 0 Å². The van der Waals surface area contributed by atoms with Crippen molar-refractivity contribution in [3.05, 3.63) is 35.9 Å². The van der Waals surface area contributed by atoms with Crippen LogP contribution in [0.15, 0.2) is 30.3 Å². The van der Waals surface area contributed by atoms with E-state index >= 15 is 0 Å². The molecule has 1 amide bonds. The normalized spacial score (nSPS) is 12.0. The van der Waals surface area contributed by atoms with Crippen molar-refractivity contribution in [1.29, 1.82) is 0 Å². The molecule has 4 nitrogen and oxygen atoms in total. The zero-order valence-corrected chi connectivity index (χ0v) is 8.26. The molecule has 0 aliphatic rings. The number of benzene rings is 1. The molecule has 0 aliphatic heterocycles. The van der Waals surface area contributed by atoms with Gasteiger partial charge in [0.15, 0.2) is 0 Å². The Morgan fingerprint density at radius 3 is 2.60 bits per heavy atom. The fraction of sp³-hybridized carbons (Fsp3) is 0.273. The topological polar surface area (TPSA) is 69.4 Å². The molecule has 1 aromatic carbocycles. The number of hydrogen-bond donors (Lipinski definition) is 1. The first-order chi connectivity index (χ1) is 7.24. The molecular formula is C11H13NO3. The lowest BCUT2D eigenvalue weighted by molar-refractivity contribution is -0.131. The van der Waals surface area contributed by atoms with Crippen molar-refractivity contribution in [1.82, 2.24) is 0 Å². The summed E-state index contributed by atoms with van der Waals surface area (Å²) in [6, 6.07) is 9.37. The molecule has 0 aromatic heterocycles. The Bertz CT molecular complexity index is 324. The summed E-state index contributed by atoms with van der Waals surface area (Å²) in [5, 5.41) is 0. The van der Waals surface area contributed by atoms with Crippen LogP contribution in [0.4, 0.5) is 0 Å². The summed E-state index contributed by atoms with van der Waals surface area (Å²) < 4.78 is 5.01. The summed E-state index contributed by atoms with van der Waals surface area (Å²) in [6.07, 6.45) is 0.253. The molecule has 0 spiro atoms. The van der Waals surface area contributed by atoms with E-state index in [0.717, 1.165) is 5.56 Å². The van der Waals surface area contributed by atoms with Gasteiger partial charge in [0.05, 0.1) is 0 Å². The summed E-state index contributed by atoms with van der Waals surface area (Å²) in [5.41, 5.74) is 6.10. The van der Waals surface area contributed by atoms with Gasteiger partial charge in [-0.05, 0) is 5.56 Å². The number of hydrogen-bond acceptors (Lipinski definition) is 3. The van der Waals surface area contributed by atoms with Gasteiger partial charge < -0.3 is 15.3 Å². The number of nitrogens with two attached hydrogens (primary N) is 1. The molecule has 0 saturated heterocycles. The lowest BCUT2D eigenvalue weighted by atomic mass is 10.1. The lowest BCUT2D eigenvalue weighted by Crippen LogP contribution is -2.33. The lowest BCUT2D eigenvalue weighted by Gasteiger charge is -2.12. The number of primary amides is 1. The van der Waals surface area contributed by atoms with Crippen molar-refractivity contribution in [2.75, 3.05) is 6.61 Å². The van der Waals surface area contributed by atoms with Gasteiger partial charge in [0, 0.05) is 6.42 Å². The van der Waals surface area contributed by atoms with Crippen LogP contribution in [0.3, 0.4) is 0 Å². The fourth-order valence-electron chi connectivity index (χ4n) is 1.23. The monoisotopic (exact) mass is 207 g/mol. The van der Waals surface area contributed by atoms with Crippen LogP contribution in [0.5, 0.6) is 0 Å². The third kappa shape index (κ3) is 3.91. The zero-order chi connectivity index (χ0) is 11.1. The highest BCUT2D eigenvalue weighted by molar-refractivity contribution is 5.79. The Kier molecular flexibility index (Phi) is 4.50. The van der Waals surface area contributed by atoms with E-state index in [2.05, 4.69) is 0 Å². The average molecular weight is 207 g/mol. The molecule has 4 heteroatoms. The van der Waals surface area contributed by atoms with E-state index in [1.54, 1.807) is 0 Å². The first kappa shape index (κ1) is 11.4. The molecule has 0 radical (unpaired) electrons. The van der Waals surface area contributed by atoms with Gasteiger partial charge in [0.1, 0.15) is 19.0 Å². The number of amides is 1. The van der Waals surface area contributed by atoms with E-state index < -0.39 is 12.0 Å². The van der Waals surface area contributed by atoms with Crippen molar-refractivity contribution < 1.29 is 14.3 Å². The SMILES string of the molecule is NC(=O)C(Cc1ccccc1)OCC=O. The first-order valence-corrected chi connectivity index (χ1v) is 4.62. The average Bonchev–Trinajstić information content (AvgIpc) is 2.25. The summed E-state index contributed by atoms with van der Waals surface area (Å²) in [4.78, 5) is 21.1. The van der Waals surface area contributed by atoms with Gasteiger partial charge in [-0.1, -0.05) is 30.3 Å². The second kappa shape index (κ2) is 5.93. The van der Waals surface area contributed by atoms with Crippen LogP contribution in [-0.4, -0.2) is 24.9 Å². The van der Waals surface area contributed by atoms with E-state index in [4.69, 9.17) is 10.5 Å². The van der Waals surface area contributed by atoms with E-state index in [1.807, 2.05) is 30.3 Å². The van der Waals surface area contributed by atoms with E-state index in [9.17, 15) is 9.59 Å². The summed E-state index contributed by atoms with van der Waals surface area (Å²) in [7, 11) is 0. The quantitative estimate of drug-likeness (QED) is 0.682. The molecule has 0 saturated carbocycles. The van der Waals surface area contributed by atoms with Gasteiger partial charge in [-0.25, -0.2) is 0 Å². The summed E-state index contributed by atoms with van der Waals surface area (Å²) in [5.74, 6) is -0.555. The van der Waals surface area contributed by atoms with Crippen LogP contribution in [0.2, 0.25) is 0 Å². The van der Waals surface area contributed by atoms with E-state index in [1.165, 1.54) is 0 Å². The van der Waals surface area contributed by atoms with Gasteiger partial charge in [-0.3, -0.25) is 4.79 Å². The maximum absolute atomic E-state index is 11.0. The Hall–Kier alpha value is -1.68. The molecule has 2 N–H and O–H groups in total. The van der Waals surface area contributed by atoms with Crippen molar-refractivity contribution in [3.63, 3.8) is 0 Å². The Morgan fingerprint density at radius 2 is 2.07 bits per heavy atom. The highest BCUT2D eigenvalue weighted by Crippen LogP contribution is 2.05. The maximum atomic E-state index is 11.0. The fourth-order valence-corrected chi connectivity index (χ4v) is 1.23. The van der Waals surface area contributed by atoms with Crippen molar-refractivity contribution in [2.24, 2.45) is 5.73 Å². The van der Waals surface area contributed by atoms with Crippen LogP contribution in [0.25, 0.3) is 0 Å². The van der Waals surface area contributed by atoms with Crippen LogP contribution in [-0.2, 0) is 20.7 Å². The number of carbonyl (C=O) groups is 2. The molecule has 15 heavy (non-hydrogen) atoms. The number of aldehydes is 1. The third-order valence-electron chi connectivity index (χ3n) is 1.95. The Morgan fingerprint density at radius 1 is 1.40 bits per heavy atom. The molecule has 0 aliphatic carbocycles. The molecule has 0 heterocycles. The van der Waals surface area contributed by atoms with Crippen LogP contribution in [0, 0.1) is 0 Å². The number of rotatable bonds is 6. The van der Waals surface area contributed by atoms with Crippen LogP contribution in [0.1, 0.15) is 5.56 Å². The smallest absolute Gasteiger partial charge is 0.246 e. The van der Waals surface area contributed by atoms with Crippen molar-refractivity contribution >= 4 is 12.2 Å². The minimum absolute atomic E-state index is 0.111. The maximum Gasteiger partial charge on any atom is 0.246 e. The summed E-state index contributed by atoms with van der Waals surface area (Å²) in [6.45, 7) is -0.111. The molecular weight excluding hydrogens is 194 g/mol. The van der Waals surface area contributed by atoms with Gasteiger partial charge in [-0.15, -0.1) is 0 Å². The second-order valence-electron chi connectivity index (χ2n) is 3.08. The second-order valence-corrected chi connectivity index (χ2v) is 3.08. The minimum atomic E-state index is -0.738. The van der Waals surface area contributed by atoms with Crippen LogP contribution >= 0.6 is 0 Å². The van der Waals surface area contributed by atoms with Gasteiger partial charge in [0.2, 0.25) is 5.91 Å². The Balaban J connectivity index is 2.58. The molecule has 0 fully saturated rings. The van der Waals surface area contributed by atoms with Gasteiger partial charge in [0.25, 0.3) is 0 Å². The summed E-state index contributed by atoms with van der Waals surface area (Å²) >= 11 is 0. The molecule has 1 aromatic rings. The van der Waals surface area contributed by atoms with E-state index in [0.29, 0.717) is 12.7 Å². The van der Waals surface area contributed by atoms with Crippen LogP contribution < -0.4 is 5.73 Å². The molecule has 1 atom stereocenters. The number of ether oxygens (including phenoxy) is 1. The molecule has 1 unspecified atom stereocenters. The Labute approximate surface area is 88.0 Å². The van der Waals surface area contributed by atoms with Crippen molar-refractivity contribution in [2.45, 2.75) is 12.5 Å². The predicted octanol–water partition coefficient (Wildman–Crippen LogP) is 0.298. The first-order valence-electron chi connectivity index (χ1n) is 4.62. The highest BCUT2D eigenvalue weighted by Gasteiger charge is 2.15. The molecule has 80 valence electrons. The highest BCUT2D eigenvalue weighted by atomic mass is 16.5.